The molecule has 2 unspecified atom stereocenters. The molecule has 1 N–H and O–H groups in total. The number of rotatable bonds is 5. The van der Waals surface area contributed by atoms with E-state index in [1.54, 1.807) is 0 Å². The molecular formula is C13H28N2S. The standard InChI is InChI=1S/C13H28N2S/c1-6-13(4)10-15(7-8-16-5)12(9-14-13)11(2)3/h11-12,14H,6-10H2,1-5H3. The predicted octanol–water partition coefficient (Wildman–Crippen LogP) is 2.45. The van der Waals surface area contributed by atoms with Crippen molar-refractivity contribution < 1.29 is 0 Å². The third kappa shape index (κ3) is 3.64. The van der Waals surface area contributed by atoms with E-state index in [2.05, 4.69) is 44.2 Å². The maximum Gasteiger partial charge on any atom is 0.0278 e. The van der Waals surface area contributed by atoms with Gasteiger partial charge in [-0.3, -0.25) is 4.90 Å². The minimum atomic E-state index is 0.323. The second kappa shape index (κ2) is 6.27. The number of nitrogens with one attached hydrogen (secondary N) is 1. The van der Waals surface area contributed by atoms with E-state index in [4.69, 9.17) is 0 Å². The van der Waals surface area contributed by atoms with E-state index in [1.807, 2.05) is 11.8 Å². The molecule has 96 valence electrons. The Morgan fingerprint density at radius 1 is 1.50 bits per heavy atom. The Morgan fingerprint density at radius 2 is 2.19 bits per heavy atom. The van der Waals surface area contributed by atoms with E-state index >= 15 is 0 Å². The van der Waals surface area contributed by atoms with E-state index in [9.17, 15) is 0 Å². The Balaban J connectivity index is 2.61. The highest BCUT2D eigenvalue weighted by molar-refractivity contribution is 7.98. The van der Waals surface area contributed by atoms with E-state index in [1.165, 1.54) is 25.3 Å². The van der Waals surface area contributed by atoms with Crippen LogP contribution in [-0.2, 0) is 0 Å². The first-order chi connectivity index (χ1) is 7.52. The molecule has 1 aliphatic rings. The second-order valence-corrected chi connectivity index (χ2v) is 6.56. The molecule has 1 saturated heterocycles. The molecule has 1 aliphatic heterocycles. The molecular weight excluding hydrogens is 216 g/mol. The quantitative estimate of drug-likeness (QED) is 0.800. The van der Waals surface area contributed by atoms with Crippen LogP contribution in [-0.4, -0.2) is 48.1 Å². The number of hydrogen-bond acceptors (Lipinski definition) is 3. The second-order valence-electron chi connectivity index (χ2n) is 5.57. The summed E-state index contributed by atoms with van der Waals surface area (Å²) in [6.45, 7) is 12.9. The van der Waals surface area contributed by atoms with Gasteiger partial charge in [0.1, 0.15) is 0 Å². The van der Waals surface area contributed by atoms with Gasteiger partial charge in [-0.05, 0) is 25.5 Å². The Labute approximate surface area is 106 Å². The van der Waals surface area contributed by atoms with Gasteiger partial charge in [0.15, 0.2) is 0 Å². The van der Waals surface area contributed by atoms with Crippen LogP contribution in [0, 0.1) is 5.92 Å². The molecule has 1 heterocycles. The van der Waals surface area contributed by atoms with Crippen molar-refractivity contribution >= 4 is 11.8 Å². The molecule has 0 saturated carbocycles. The van der Waals surface area contributed by atoms with Gasteiger partial charge in [0.25, 0.3) is 0 Å². The van der Waals surface area contributed by atoms with E-state index in [0.29, 0.717) is 11.6 Å². The molecule has 0 aliphatic carbocycles. The monoisotopic (exact) mass is 244 g/mol. The van der Waals surface area contributed by atoms with Gasteiger partial charge >= 0.3 is 0 Å². The largest absolute Gasteiger partial charge is 0.309 e. The highest BCUT2D eigenvalue weighted by Crippen LogP contribution is 2.22. The van der Waals surface area contributed by atoms with E-state index in [0.717, 1.165) is 12.5 Å². The fourth-order valence-corrected chi connectivity index (χ4v) is 2.87. The smallest absolute Gasteiger partial charge is 0.0278 e. The average molecular weight is 244 g/mol. The topological polar surface area (TPSA) is 15.3 Å². The number of nitrogens with zero attached hydrogens (tertiary/aromatic N) is 1. The van der Waals surface area contributed by atoms with Crippen molar-refractivity contribution in [2.75, 3.05) is 31.6 Å². The van der Waals surface area contributed by atoms with Crippen LogP contribution in [0.4, 0.5) is 0 Å². The Bertz CT molecular complexity index is 208. The summed E-state index contributed by atoms with van der Waals surface area (Å²) in [6.07, 6.45) is 3.42. The summed E-state index contributed by atoms with van der Waals surface area (Å²) in [5.74, 6) is 2.00. The van der Waals surface area contributed by atoms with Crippen LogP contribution in [0.5, 0.6) is 0 Å². The number of piperazine rings is 1. The molecule has 1 rings (SSSR count). The van der Waals surface area contributed by atoms with Crippen LogP contribution in [0.15, 0.2) is 0 Å². The first-order valence-corrected chi connectivity index (χ1v) is 7.90. The molecule has 2 nitrogen and oxygen atoms in total. The molecule has 3 heteroatoms. The Morgan fingerprint density at radius 3 is 2.69 bits per heavy atom. The summed E-state index contributed by atoms with van der Waals surface area (Å²) in [5.41, 5.74) is 0.323. The summed E-state index contributed by atoms with van der Waals surface area (Å²) >= 11 is 1.95. The number of hydrogen-bond donors (Lipinski definition) is 1. The number of thioether (sulfide) groups is 1. The van der Waals surface area contributed by atoms with Crippen molar-refractivity contribution in [3.8, 4) is 0 Å². The molecule has 0 bridgehead atoms. The molecule has 0 radical (unpaired) electrons. The third-order valence-electron chi connectivity index (χ3n) is 3.89. The van der Waals surface area contributed by atoms with Crippen LogP contribution >= 0.6 is 11.8 Å². The molecule has 0 spiro atoms. The van der Waals surface area contributed by atoms with E-state index < -0.39 is 0 Å². The summed E-state index contributed by atoms with van der Waals surface area (Å²) in [7, 11) is 0. The van der Waals surface area contributed by atoms with Crippen molar-refractivity contribution in [1.82, 2.24) is 10.2 Å². The fourth-order valence-electron chi connectivity index (χ4n) is 2.45. The maximum atomic E-state index is 3.73. The summed E-state index contributed by atoms with van der Waals surface area (Å²) in [4.78, 5) is 2.70. The lowest BCUT2D eigenvalue weighted by Crippen LogP contribution is -2.64. The summed E-state index contributed by atoms with van der Waals surface area (Å²) < 4.78 is 0. The molecule has 2 atom stereocenters. The van der Waals surface area contributed by atoms with Crippen molar-refractivity contribution in [3.05, 3.63) is 0 Å². The lowest BCUT2D eigenvalue weighted by molar-refractivity contribution is 0.0661. The van der Waals surface area contributed by atoms with Crippen molar-refractivity contribution in [3.63, 3.8) is 0 Å². The first kappa shape index (κ1) is 14.3. The Kier molecular flexibility index (Phi) is 5.62. The molecule has 0 amide bonds. The van der Waals surface area contributed by atoms with Crippen molar-refractivity contribution in [1.29, 1.82) is 0 Å². The van der Waals surface area contributed by atoms with Crippen LogP contribution in [0.2, 0.25) is 0 Å². The highest BCUT2D eigenvalue weighted by Gasteiger charge is 2.35. The lowest BCUT2D eigenvalue weighted by atomic mass is 9.90. The van der Waals surface area contributed by atoms with Gasteiger partial charge in [0.05, 0.1) is 0 Å². The molecule has 0 aromatic carbocycles. The molecule has 16 heavy (non-hydrogen) atoms. The van der Waals surface area contributed by atoms with Crippen LogP contribution in [0.1, 0.15) is 34.1 Å². The molecule has 0 aromatic heterocycles. The van der Waals surface area contributed by atoms with Crippen molar-refractivity contribution in [2.45, 2.75) is 45.7 Å². The normalized spacial score (nSPS) is 32.2. The zero-order valence-electron chi connectivity index (χ0n) is 11.5. The van der Waals surface area contributed by atoms with Gasteiger partial charge < -0.3 is 5.32 Å². The van der Waals surface area contributed by atoms with Gasteiger partial charge in [-0.1, -0.05) is 20.8 Å². The molecule has 0 aromatic rings. The van der Waals surface area contributed by atoms with E-state index in [-0.39, 0.29) is 0 Å². The predicted molar refractivity (Wildman–Crippen MR) is 75.3 cm³/mol. The van der Waals surface area contributed by atoms with Gasteiger partial charge in [-0.25, -0.2) is 0 Å². The lowest BCUT2D eigenvalue weighted by Gasteiger charge is -2.47. The van der Waals surface area contributed by atoms with Crippen LogP contribution < -0.4 is 5.32 Å². The Hall–Kier alpha value is 0.270. The minimum absolute atomic E-state index is 0.323. The highest BCUT2D eigenvalue weighted by atomic mass is 32.2. The van der Waals surface area contributed by atoms with Gasteiger partial charge in [0, 0.05) is 37.0 Å². The summed E-state index contributed by atoms with van der Waals surface area (Å²) in [6, 6.07) is 0.715. The minimum Gasteiger partial charge on any atom is -0.309 e. The fraction of sp³-hybridized carbons (Fsp3) is 1.00. The van der Waals surface area contributed by atoms with Gasteiger partial charge in [-0.2, -0.15) is 11.8 Å². The van der Waals surface area contributed by atoms with Crippen LogP contribution in [0.25, 0.3) is 0 Å². The zero-order chi connectivity index (χ0) is 12.2. The van der Waals surface area contributed by atoms with Gasteiger partial charge in [-0.15, -0.1) is 0 Å². The maximum absolute atomic E-state index is 3.73. The third-order valence-corrected chi connectivity index (χ3v) is 4.48. The van der Waals surface area contributed by atoms with Crippen LogP contribution in [0.3, 0.4) is 0 Å². The first-order valence-electron chi connectivity index (χ1n) is 6.50. The van der Waals surface area contributed by atoms with Gasteiger partial charge in [0.2, 0.25) is 0 Å². The zero-order valence-corrected chi connectivity index (χ0v) is 12.4. The van der Waals surface area contributed by atoms with Crippen molar-refractivity contribution in [2.24, 2.45) is 5.92 Å². The molecule has 1 fully saturated rings. The summed E-state index contributed by atoms with van der Waals surface area (Å²) in [5, 5.41) is 3.73. The average Bonchev–Trinajstić information content (AvgIpc) is 2.26. The SMILES string of the molecule is CCC1(C)CN(CCSC)C(C(C)C)CN1.